The van der Waals surface area contributed by atoms with Crippen molar-refractivity contribution in [1.82, 2.24) is 5.32 Å². The van der Waals surface area contributed by atoms with Gasteiger partial charge in [0.25, 0.3) is 0 Å². The first kappa shape index (κ1) is 13.5. The molecular formula is C13H25NO2. The van der Waals surface area contributed by atoms with Crippen LogP contribution in [0.5, 0.6) is 0 Å². The van der Waals surface area contributed by atoms with Crippen LogP contribution in [0.3, 0.4) is 0 Å². The maximum absolute atomic E-state index is 11.5. The van der Waals surface area contributed by atoms with E-state index in [-0.39, 0.29) is 12.5 Å². The number of rotatable bonds is 3. The lowest BCUT2D eigenvalue weighted by Crippen LogP contribution is -2.46. The van der Waals surface area contributed by atoms with Gasteiger partial charge in [0.15, 0.2) is 0 Å². The van der Waals surface area contributed by atoms with Crippen LogP contribution < -0.4 is 5.32 Å². The first-order chi connectivity index (χ1) is 7.24. The zero-order valence-electron chi connectivity index (χ0n) is 11.2. The highest BCUT2D eigenvalue weighted by Gasteiger charge is 2.38. The molecule has 0 bridgehead atoms. The molecular weight excluding hydrogens is 202 g/mol. The first-order valence-electron chi connectivity index (χ1n) is 6.02. The average molecular weight is 227 g/mol. The highest BCUT2D eigenvalue weighted by atomic mass is 16.5. The maximum Gasteiger partial charge on any atom is 0.246 e. The van der Waals surface area contributed by atoms with Crippen LogP contribution in [0.15, 0.2) is 0 Å². The Kier molecular flexibility index (Phi) is 4.00. The van der Waals surface area contributed by atoms with E-state index in [1.807, 2.05) is 0 Å². The molecule has 0 saturated heterocycles. The van der Waals surface area contributed by atoms with Crippen molar-refractivity contribution in [3.05, 3.63) is 0 Å². The van der Waals surface area contributed by atoms with Crippen LogP contribution in [0.25, 0.3) is 0 Å². The standard InChI is InChI=1S/C13H25NO2/c1-12(2)6-10(7-13(3,4)9-12)14-11(15)8-16-5/h10H,6-9H2,1-5H3,(H,14,15). The lowest BCUT2D eigenvalue weighted by molar-refractivity contribution is -0.126. The molecule has 3 nitrogen and oxygen atoms in total. The molecule has 0 aromatic rings. The Bertz CT molecular complexity index is 243. The highest BCUT2D eigenvalue weighted by molar-refractivity contribution is 5.77. The molecule has 3 heteroatoms. The van der Waals surface area contributed by atoms with Crippen LogP contribution in [0.4, 0.5) is 0 Å². The molecule has 1 rings (SSSR count). The molecule has 16 heavy (non-hydrogen) atoms. The van der Waals surface area contributed by atoms with Gasteiger partial charge in [0.05, 0.1) is 0 Å². The predicted octanol–water partition coefficient (Wildman–Crippen LogP) is 2.35. The fraction of sp³-hybridized carbons (Fsp3) is 0.923. The average Bonchev–Trinajstić information content (AvgIpc) is 1.96. The number of carbonyl (C=O) groups excluding carboxylic acids is 1. The molecule has 1 saturated carbocycles. The van der Waals surface area contributed by atoms with Crippen LogP contribution in [0, 0.1) is 10.8 Å². The second kappa shape index (κ2) is 4.74. The van der Waals surface area contributed by atoms with Gasteiger partial charge in [0.2, 0.25) is 5.91 Å². The lowest BCUT2D eigenvalue weighted by atomic mass is 9.63. The first-order valence-corrected chi connectivity index (χ1v) is 6.02. The van der Waals surface area contributed by atoms with E-state index in [4.69, 9.17) is 4.74 Å². The van der Waals surface area contributed by atoms with E-state index < -0.39 is 0 Å². The summed E-state index contributed by atoms with van der Waals surface area (Å²) in [4.78, 5) is 11.5. The van der Waals surface area contributed by atoms with Crippen LogP contribution in [0.2, 0.25) is 0 Å². The maximum atomic E-state index is 11.5. The van der Waals surface area contributed by atoms with Crippen molar-refractivity contribution in [2.24, 2.45) is 10.8 Å². The van der Waals surface area contributed by atoms with Crippen LogP contribution in [-0.4, -0.2) is 25.7 Å². The minimum atomic E-state index is 0.000926. The summed E-state index contributed by atoms with van der Waals surface area (Å²) in [7, 11) is 1.55. The van der Waals surface area contributed by atoms with Crippen molar-refractivity contribution in [2.45, 2.75) is 53.0 Å². The zero-order chi connectivity index (χ0) is 12.4. The van der Waals surface area contributed by atoms with E-state index in [1.54, 1.807) is 7.11 Å². The van der Waals surface area contributed by atoms with Gasteiger partial charge in [-0.15, -0.1) is 0 Å². The molecule has 0 unspecified atom stereocenters. The van der Waals surface area contributed by atoms with E-state index in [0.717, 1.165) is 12.8 Å². The van der Waals surface area contributed by atoms with Gasteiger partial charge < -0.3 is 10.1 Å². The fourth-order valence-electron chi connectivity index (χ4n) is 3.35. The summed E-state index contributed by atoms with van der Waals surface area (Å²) >= 11 is 0. The summed E-state index contributed by atoms with van der Waals surface area (Å²) in [5.74, 6) is 0.000926. The molecule has 0 spiro atoms. The number of hydrogen-bond acceptors (Lipinski definition) is 2. The number of ether oxygens (including phenoxy) is 1. The summed E-state index contributed by atoms with van der Waals surface area (Å²) in [6, 6.07) is 0.293. The van der Waals surface area contributed by atoms with Gasteiger partial charge in [-0.25, -0.2) is 0 Å². The van der Waals surface area contributed by atoms with Crippen molar-refractivity contribution < 1.29 is 9.53 Å². The van der Waals surface area contributed by atoms with Crippen molar-refractivity contribution in [1.29, 1.82) is 0 Å². The Morgan fingerprint density at radius 1 is 1.25 bits per heavy atom. The molecule has 0 atom stereocenters. The van der Waals surface area contributed by atoms with Gasteiger partial charge >= 0.3 is 0 Å². The number of carbonyl (C=O) groups is 1. The predicted molar refractivity (Wildman–Crippen MR) is 65.2 cm³/mol. The van der Waals surface area contributed by atoms with Gasteiger partial charge in [-0.1, -0.05) is 27.7 Å². The molecule has 1 aliphatic rings. The SMILES string of the molecule is COCC(=O)NC1CC(C)(C)CC(C)(C)C1. The second-order valence-electron chi connectivity index (χ2n) is 6.61. The molecule has 0 aliphatic heterocycles. The van der Waals surface area contributed by atoms with Crippen molar-refractivity contribution in [2.75, 3.05) is 13.7 Å². The summed E-state index contributed by atoms with van der Waals surface area (Å²) in [6.45, 7) is 9.29. The number of amides is 1. The van der Waals surface area contributed by atoms with Gasteiger partial charge in [0.1, 0.15) is 6.61 Å². The minimum absolute atomic E-state index is 0.000926. The molecule has 1 fully saturated rings. The summed E-state index contributed by atoms with van der Waals surface area (Å²) in [6.07, 6.45) is 3.34. The molecule has 0 aromatic heterocycles. The third-order valence-electron chi connectivity index (χ3n) is 3.20. The highest BCUT2D eigenvalue weighted by Crippen LogP contribution is 2.45. The van der Waals surface area contributed by atoms with Crippen molar-refractivity contribution in [3.8, 4) is 0 Å². The second-order valence-corrected chi connectivity index (χ2v) is 6.61. The number of nitrogens with one attached hydrogen (secondary N) is 1. The Balaban J connectivity index is 2.57. The Hall–Kier alpha value is -0.570. The summed E-state index contributed by atoms with van der Waals surface area (Å²) in [5, 5.41) is 3.07. The van der Waals surface area contributed by atoms with Gasteiger partial charge in [-0.2, -0.15) is 0 Å². The van der Waals surface area contributed by atoms with E-state index >= 15 is 0 Å². The zero-order valence-corrected chi connectivity index (χ0v) is 11.2. The Labute approximate surface area is 98.9 Å². The third kappa shape index (κ3) is 4.12. The molecule has 0 aromatic carbocycles. The van der Waals surface area contributed by atoms with E-state index in [1.165, 1.54) is 6.42 Å². The molecule has 0 heterocycles. The topological polar surface area (TPSA) is 38.3 Å². The van der Waals surface area contributed by atoms with Gasteiger partial charge in [0, 0.05) is 13.2 Å². The quantitative estimate of drug-likeness (QED) is 0.803. The van der Waals surface area contributed by atoms with Crippen LogP contribution in [-0.2, 0) is 9.53 Å². The molecule has 0 radical (unpaired) electrons. The normalized spacial score (nSPS) is 24.1. The van der Waals surface area contributed by atoms with Crippen molar-refractivity contribution in [3.63, 3.8) is 0 Å². The number of hydrogen-bond donors (Lipinski definition) is 1. The summed E-state index contributed by atoms with van der Waals surface area (Å²) in [5.41, 5.74) is 0.625. The molecule has 1 aliphatic carbocycles. The van der Waals surface area contributed by atoms with Gasteiger partial charge in [-0.05, 0) is 30.1 Å². The Morgan fingerprint density at radius 3 is 2.19 bits per heavy atom. The Morgan fingerprint density at radius 2 is 1.75 bits per heavy atom. The number of methoxy groups -OCH3 is 1. The van der Waals surface area contributed by atoms with E-state index in [2.05, 4.69) is 33.0 Å². The minimum Gasteiger partial charge on any atom is -0.375 e. The molecule has 1 amide bonds. The monoisotopic (exact) mass is 227 g/mol. The summed E-state index contributed by atoms with van der Waals surface area (Å²) < 4.78 is 4.84. The van der Waals surface area contributed by atoms with Crippen LogP contribution in [0.1, 0.15) is 47.0 Å². The molecule has 1 N–H and O–H groups in total. The third-order valence-corrected chi connectivity index (χ3v) is 3.20. The van der Waals surface area contributed by atoms with Crippen molar-refractivity contribution >= 4 is 5.91 Å². The smallest absolute Gasteiger partial charge is 0.246 e. The lowest BCUT2D eigenvalue weighted by Gasteiger charge is -2.45. The van der Waals surface area contributed by atoms with E-state index in [9.17, 15) is 4.79 Å². The van der Waals surface area contributed by atoms with E-state index in [0.29, 0.717) is 16.9 Å². The largest absolute Gasteiger partial charge is 0.375 e. The van der Waals surface area contributed by atoms with Crippen LogP contribution >= 0.6 is 0 Å². The molecule has 94 valence electrons. The fourth-order valence-corrected chi connectivity index (χ4v) is 3.35. The van der Waals surface area contributed by atoms with Gasteiger partial charge in [-0.3, -0.25) is 4.79 Å².